The number of ether oxygens (including phenoxy) is 1. The van der Waals surface area contributed by atoms with Crippen molar-refractivity contribution < 1.29 is 18.3 Å². The van der Waals surface area contributed by atoms with E-state index in [-0.39, 0.29) is 17.4 Å². The maximum Gasteiger partial charge on any atom is 0.226 e. The fraction of sp³-hybridized carbons (Fsp3) is 0.357. The Hall–Kier alpha value is -1.68. The van der Waals surface area contributed by atoms with Gasteiger partial charge in [0, 0.05) is 12.5 Å². The van der Waals surface area contributed by atoms with E-state index in [9.17, 15) is 9.18 Å². The summed E-state index contributed by atoms with van der Waals surface area (Å²) in [7, 11) is 1.50. The van der Waals surface area contributed by atoms with Crippen LogP contribution in [0.15, 0.2) is 28.7 Å². The summed E-state index contributed by atoms with van der Waals surface area (Å²) in [5, 5.41) is 0.588. The zero-order valence-electron chi connectivity index (χ0n) is 10.4. The summed E-state index contributed by atoms with van der Waals surface area (Å²) >= 11 is 0. The smallest absolute Gasteiger partial charge is 0.226 e. The number of furan rings is 1. The van der Waals surface area contributed by atoms with E-state index in [4.69, 9.17) is 9.15 Å². The Morgan fingerprint density at radius 2 is 2.22 bits per heavy atom. The molecule has 0 bridgehead atoms. The SMILES string of the molecule is CCCC(OC)C(=O)c1cc2cc(F)ccc2o1. The number of halogens is 1. The molecule has 0 aliphatic heterocycles. The van der Waals surface area contributed by atoms with Gasteiger partial charge in [-0.25, -0.2) is 4.39 Å². The lowest BCUT2D eigenvalue weighted by atomic mass is 10.1. The molecular weight excluding hydrogens is 235 g/mol. The van der Waals surface area contributed by atoms with E-state index in [1.165, 1.54) is 25.3 Å². The lowest BCUT2D eigenvalue weighted by Crippen LogP contribution is -2.22. The van der Waals surface area contributed by atoms with Crippen molar-refractivity contribution in [3.05, 3.63) is 35.8 Å². The number of hydrogen-bond donors (Lipinski definition) is 0. The van der Waals surface area contributed by atoms with Crippen molar-refractivity contribution in [2.45, 2.75) is 25.9 Å². The van der Waals surface area contributed by atoms with Crippen LogP contribution in [0.3, 0.4) is 0 Å². The first-order chi connectivity index (χ1) is 8.65. The summed E-state index contributed by atoms with van der Waals surface area (Å²) < 4.78 is 23.6. The van der Waals surface area contributed by atoms with Crippen LogP contribution in [-0.4, -0.2) is 19.0 Å². The maximum atomic E-state index is 13.0. The van der Waals surface area contributed by atoms with Crippen molar-refractivity contribution in [2.75, 3.05) is 7.11 Å². The summed E-state index contributed by atoms with van der Waals surface area (Å²) in [6.45, 7) is 1.98. The first-order valence-electron chi connectivity index (χ1n) is 5.91. The van der Waals surface area contributed by atoms with Crippen molar-refractivity contribution >= 4 is 16.8 Å². The number of rotatable bonds is 5. The minimum atomic E-state index is -0.500. The highest BCUT2D eigenvalue weighted by Gasteiger charge is 2.22. The lowest BCUT2D eigenvalue weighted by Gasteiger charge is -2.10. The van der Waals surface area contributed by atoms with E-state index in [0.29, 0.717) is 17.4 Å². The molecule has 0 fully saturated rings. The molecule has 3 nitrogen and oxygen atoms in total. The summed E-state index contributed by atoms with van der Waals surface area (Å²) in [5.41, 5.74) is 0.506. The number of hydrogen-bond acceptors (Lipinski definition) is 3. The molecule has 1 aromatic carbocycles. The van der Waals surface area contributed by atoms with Crippen LogP contribution in [0, 0.1) is 5.82 Å². The van der Waals surface area contributed by atoms with Gasteiger partial charge < -0.3 is 9.15 Å². The van der Waals surface area contributed by atoms with Gasteiger partial charge in [-0.3, -0.25) is 4.79 Å². The van der Waals surface area contributed by atoms with Crippen LogP contribution < -0.4 is 0 Å². The average Bonchev–Trinajstić information content (AvgIpc) is 2.77. The molecule has 1 heterocycles. The Labute approximate surface area is 105 Å². The van der Waals surface area contributed by atoms with E-state index >= 15 is 0 Å². The molecule has 0 aliphatic carbocycles. The number of benzene rings is 1. The Balaban J connectivity index is 2.32. The minimum Gasteiger partial charge on any atom is -0.453 e. The monoisotopic (exact) mass is 250 g/mol. The molecular formula is C14H15FO3. The third kappa shape index (κ3) is 2.43. The number of ketones is 1. The van der Waals surface area contributed by atoms with Crippen molar-refractivity contribution in [1.29, 1.82) is 0 Å². The van der Waals surface area contributed by atoms with E-state index < -0.39 is 6.10 Å². The molecule has 0 saturated carbocycles. The van der Waals surface area contributed by atoms with Crippen LogP contribution in [0.1, 0.15) is 30.3 Å². The second-order valence-electron chi connectivity index (χ2n) is 4.17. The summed E-state index contributed by atoms with van der Waals surface area (Å²) in [5.74, 6) is -0.328. The van der Waals surface area contributed by atoms with Gasteiger partial charge in [-0.15, -0.1) is 0 Å². The number of carbonyl (C=O) groups excluding carboxylic acids is 1. The first kappa shape index (κ1) is 12.8. The van der Waals surface area contributed by atoms with Gasteiger partial charge in [0.05, 0.1) is 0 Å². The summed E-state index contributed by atoms with van der Waals surface area (Å²) in [6, 6.07) is 5.72. The molecule has 1 atom stereocenters. The molecule has 1 aromatic heterocycles. The van der Waals surface area contributed by atoms with Crippen molar-refractivity contribution in [1.82, 2.24) is 0 Å². The Morgan fingerprint density at radius 3 is 2.89 bits per heavy atom. The van der Waals surface area contributed by atoms with Crippen molar-refractivity contribution in [2.24, 2.45) is 0 Å². The molecule has 0 N–H and O–H groups in total. The van der Waals surface area contributed by atoms with Crippen LogP contribution >= 0.6 is 0 Å². The molecule has 0 spiro atoms. The topological polar surface area (TPSA) is 39.4 Å². The minimum absolute atomic E-state index is 0.198. The van der Waals surface area contributed by atoms with E-state index in [0.717, 1.165) is 6.42 Å². The van der Waals surface area contributed by atoms with Gasteiger partial charge in [-0.2, -0.15) is 0 Å². The highest BCUT2D eigenvalue weighted by atomic mass is 19.1. The predicted octanol–water partition coefficient (Wildman–Crippen LogP) is 3.57. The van der Waals surface area contributed by atoms with Gasteiger partial charge in [0.25, 0.3) is 0 Å². The Morgan fingerprint density at radius 1 is 1.44 bits per heavy atom. The molecule has 2 rings (SSSR count). The van der Waals surface area contributed by atoms with E-state index in [2.05, 4.69) is 0 Å². The van der Waals surface area contributed by atoms with Crippen LogP contribution in [0.2, 0.25) is 0 Å². The standard InChI is InChI=1S/C14H15FO3/c1-3-4-12(17-2)14(16)13-8-9-7-10(15)5-6-11(9)18-13/h5-8,12H,3-4H2,1-2H3. The van der Waals surface area contributed by atoms with Crippen LogP contribution in [0.4, 0.5) is 4.39 Å². The molecule has 0 amide bonds. The van der Waals surface area contributed by atoms with Gasteiger partial charge in [0.2, 0.25) is 5.78 Å². The van der Waals surface area contributed by atoms with Gasteiger partial charge in [0.1, 0.15) is 17.5 Å². The maximum absolute atomic E-state index is 13.0. The molecule has 0 aliphatic rings. The zero-order chi connectivity index (χ0) is 13.1. The van der Waals surface area contributed by atoms with Crippen LogP contribution in [-0.2, 0) is 4.74 Å². The molecule has 4 heteroatoms. The normalized spacial score (nSPS) is 12.8. The number of methoxy groups -OCH3 is 1. The summed E-state index contributed by atoms with van der Waals surface area (Å²) in [4.78, 5) is 12.1. The largest absolute Gasteiger partial charge is 0.453 e. The molecule has 0 saturated heterocycles. The number of Topliss-reactive ketones (excluding diaryl/α,β-unsaturated/α-hetero) is 1. The Bertz CT molecular complexity index is 559. The first-order valence-corrected chi connectivity index (χ1v) is 5.91. The third-order valence-electron chi connectivity index (χ3n) is 2.85. The summed E-state index contributed by atoms with van der Waals surface area (Å²) in [6.07, 6.45) is 0.986. The second kappa shape index (κ2) is 5.31. The fourth-order valence-corrected chi connectivity index (χ4v) is 1.91. The van der Waals surface area contributed by atoms with Crippen molar-refractivity contribution in [3.8, 4) is 0 Å². The van der Waals surface area contributed by atoms with Crippen LogP contribution in [0.5, 0.6) is 0 Å². The van der Waals surface area contributed by atoms with Gasteiger partial charge in [-0.05, 0) is 30.7 Å². The fourth-order valence-electron chi connectivity index (χ4n) is 1.91. The van der Waals surface area contributed by atoms with Gasteiger partial charge in [-0.1, -0.05) is 13.3 Å². The quantitative estimate of drug-likeness (QED) is 0.761. The average molecular weight is 250 g/mol. The highest BCUT2D eigenvalue weighted by Crippen LogP contribution is 2.22. The molecule has 0 radical (unpaired) electrons. The molecule has 96 valence electrons. The van der Waals surface area contributed by atoms with Gasteiger partial charge >= 0.3 is 0 Å². The van der Waals surface area contributed by atoms with Crippen LogP contribution in [0.25, 0.3) is 11.0 Å². The van der Waals surface area contributed by atoms with E-state index in [1.807, 2.05) is 6.92 Å². The molecule has 1 unspecified atom stereocenters. The van der Waals surface area contributed by atoms with Crippen molar-refractivity contribution in [3.63, 3.8) is 0 Å². The highest BCUT2D eigenvalue weighted by molar-refractivity contribution is 6.00. The predicted molar refractivity (Wildman–Crippen MR) is 66.2 cm³/mol. The number of fused-ring (bicyclic) bond motifs is 1. The third-order valence-corrected chi connectivity index (χ3v) is 2.85. The van der Waals surface area contributed by atoms with Gasteiger partial charge in [0.15, 0.2) is 5.76 Å². The molecule has 18 heavy (non-hydrogen) atoms. The van der Waals surface area contributed by atoms with E-state index in [1.54, 1.807) is 6.07 Å². The second-order valence-corrected chi connectivity index (χ2v) is 4.17. The zero-order valence-corrected chi connectivity index (χ0v) is 10.4. The Kier molecular flexibility index (Phi) is 3.77. The number of carbonyl (C=O) groups is 1. The lowest BCUT2D eigenvalue weighted by molar-refractivity contribution is 0.0553. The molecule has 2 aromatic rings.